The quantitative estimate of drug-likeness (QED) is 0.588. The van der Waals surface area contributed by atoms with E-state index in [9.17, 15) is 4.79 Å². The van der Waals surface area contributed by atoms with E-state index in [2.05, 4.69) is 27.7 Å². The van der Waals surface area contributed by atoms with Crippen LogP contribution in [0.2, 0.25) is 0 Å². The van der Waals surface area contributed by atoms with E-state index >= 15 is 0 Å². The van der Waals surface area contributed by atoms with Gasteiger partial charge in [0.05, 0.1) is 18.2 Å². The molecule has 1 aromatic carbocycles. The number of hydrogen-bond acceptors (Lipinski definition) is 4. The Hall–Kier alpha value is -1.15. The van der Waals surface area contributed by atoms with E-state index in [1.54, 1.807) is 6.07 Å². The maximum Gasteiger partial charge on any atom is 0.337 e. The SMILES string of the molecule is COC(=O)c1ccc2c(c1)c(I)nn2C1CCCCO1. The second-order valence-electron chi connectivity index (χ2n) is 4.78. The number of carbonyl (C=O) groups excluding carboxylic acids is 1. The number of hydrogen-bond donors (Lipinski definition) is 0. The first-order valence-corrected chi connectivity index (χ1v) is 7.66. The number of esters is 1. The van der Waals surface area contributed by atoms with Crippen molar-refractivity contribution < 1.29 is 14.3 Å². The fourth-order valence-corrected chi connectivity index (χ4v) is 3.15. The highest BCUT2D eigenvalue weighted by molar-refractivity contribution is 14.1. The molecule has 0 bridgehead atoms. The summed E-state index contributed by atoms with van der Waals surface area (Å²) in [4.78, 5) is 11.6. The Balaban J connectivity index is 2.05. The third-order valence-electron chi connectivity index (χ3n) is 3.51. The molecule has 0 spiro atoms. The van der Waals surface area contributed by atoms with E-state index in [0.717, 1.165) is 40.5 Å². The van der Waals surface area contributed by atoms with Crippen LogP contribution in [0.5, 0.6) is 0 Å². The van der Waals surface area contributed by atoms with Gasteiger partial charge in [-0.1, -0.05) is 0 Å². The lowest BCUT2D eigenvalue weighted by atomic mass is 10.1. The molecule has 2 aromatic rings. The van der Waals surface area contributed by atoms with Gasteiger partial charge in [-0.2, -0.15) is 5.10 Å². The van der Waals surface area contributed by atoms with E-state index in [4.69, 9.17) is 9.47 Å². The van der Waals surface area contributed by atoms with Crippen molar-refractivity contribution in [3.05, 3.63) is 27.5 Å². The van der Waals surface area contributed by atoms with Crippen LogP contribution in [0.1, 0.15) is 35.8 Å². The van der Waals surface area contributed by atoms with Crippen molar-refractivity contribution in [3.8, 4) is 0 Å². The topological polar surface area (TPSA) is 53.3 Å². The van der Waals surface area contributed by atoms with Crippen molar-refractivity contribution in [2.75, 3.05) is 13.7 Å². The summed E-state index contributed by atoms with van der Waals surface area (Å²) in [6.07, 6.45) is 3.24. The van der Waals surface area contributed by atoms with Crippen LogP contribution in [-0.2, 0) is 9.47 Å². The molecule has 1 fully saturated rings. The number of halogens is 1. The van der Waals surface area contributed by atoms with Crippen LogP contribution in [0.25, 0.3) is 10.9 Å². The molecular weight excluding hydrogens is 371 g/mol. The number of aromatic nitrogens is 2. The molecule has 0 radical (unpaired) electrons. The standard InChI is InChI=1S/C14H15IN2O3/c1-19-14(18)9-5-6-11-10(8-9)13(15)16-17(11)12-4-2-3-7-20-12/h5-6,8,12H,2-4,7H2,1H3. The minimum atomic E-state index is -0.329. The molecule has 6 heteroatoms. The molecule has 1 aromatic heterocycles. The maximum atomic E-state index is 11.6. The van der Waals surface area contributed by atoms with E-state index in [-0.39, 0.29) is 12.2 Å². The van der Waals surface area contributed by atoms with Crippen LogP contribution in [0.4, 0.5) is 0 Å². The van der Waals surface area contributed by atoms with Crippen LogP contribution in [0, 0.1) is 3.70 Å². The summed E-state index contributed by atoms with van der Waals surface area (Å²) in [6.45, 7) is 0.781. The third kappa shape index (κ3) is 2.42. The van der Waals surface area contributed by atoms with Crippen LogP contribution in [0.3, 0.4) is 0 Å². The van der Waals surface area contributed by atoms with Gasteiger partial charge in [0, 0.05) is 12.0 Å². The van der Waals surface area contributed by atoms with Crippen LogP contribution < -0.4 is 0 Å². The van der Waals surface area contributed by atoms with Gasteiger partial charge in [-0.05, 0) is 60.1 Å². The van der Waals surface area contributed by atoms with Gasteiger partial charge in [-0.15, -0.1) is 0 Å². The van der Waals surface area contributed by atoms with Crippen molar-refractivity contribution in [3.63, 3.8) is 0 Å². The fraction of sp³-hybridized carbons (Fsp3) is 0.429. The smallest absolute Gasteiger partial charge is 0.337 e. The molecule has 0 amide bonds. The van der Waals surface area contributed by atoms with E-state index in [0.29, 0.717) is 5.56 Å². The summed E-state index contributed by atoms with van der Waals surface area (Å²) < 4.78 is 13.3. The Morgan fingerprint density at radius 2 is 2.35 bits per heavy atom. The Morgan fingerprint density at radius 3 is 3.05 bits per heavy atom. The number of nitrogens with zero attached hydrogens (tertiary/aromatic N) is 2. The average molecular weight is 386 g/mol. The zero-order chi connectivity index (χ0) is 14.1. The molecule has 2 heterocycles. The van der Waals surface area contributed by atoms with Gasteiger partial charge in [-0.25, -0.2) is 9.48 Å². The first-order valence-electron chi connectivity index (χ1n) is 6.58. The predicted octanol–water partition coefficient (Wildman–Crippen LogP) is 3.13. The van der Waals surface area contributed by atoms with Gasteiger partial charge < -0.3 is 9.47 Å². The second kappa shape index (κ2) is 5.69. The molecule has 106 valence electrons. The van der Waals surface area contributed by atoms with Gasteiger partial charge >= 0.3 is 5.97 Å². The molecule has 1 aliphatic rings. The van der Waals surface area contributed by atoms with Crippen LogP contribution in [-0.4, -0.2) is 29.5 Å². The fourth-order valence-electron chi connectivity index (χ4n) is 2.48. The van der Waals surface area contributed by atoms with Crippen molar-refractivity contribution in [2.45, 2.75) is 25.5 Å². The summed E-state index contributed by atoms with van der Waals surface area (Å²) in [5.74, 6) is -0.329. The highest BCUT2D eigenvalue weighted by Gasteiger charge is 2.21. The highest BCUT2D eigenvalue weighted by Crippen LogP contribution is 2.29. The van der Waals surface area contributed by atoms with Crippen molar-refractivity contribution in [1.82, 2.24) is 9.78 Å². The minimum absolute atomic E-state index is 0.00116. The lowest BCUT2D eigenvalue weighted by molar-refractivity contribution is -0.0368. The Bertz CT molecular complexity index is 647. The minimum Gasteiger partial charge on any atom is -0.465 e. The zero-order valence-electron chi connectivity index (χ0n) is 11.1. The van der Waals surface area contributed by atoms with E-state index in [1.165, 1.54) is 7.11 Å². The molecule has 0 saturated carbocycles. The molecule has 3 rings (SSSR count). The number of ether oxygens (including phenoxy) is 2. The van der Waals surface area contributed by atoms with Crippen molar-refractivity contribution in [1.29, 1.82) is 0 Å². The van der Waals surface area contributed by atoms with Gasteiger partial charge in [0.2, 0.25) is 0 Å². The van der Waals surface area contributed by atoms with Gasteiger partial charge in [0.25, 0.3) is 0 Å². The monoisotopic (exact) mass is 386 g/mol. The van der Waals surface area contributed by atoms with Crippen LogP contribution in [0.15, 0.2) is 18.2 Å². The molecule has 0 N–H and O–H groups in total. The summed E-state index contributed by atoms with van der Waals surface area (Å²) in [6, 6.07) is 5.51. The number of methoxy groups -OCH3 is 1. The van der Waals surface area contributed by atoms with E-state index < -0.39 is 0 Å². The van der Waals surface area contributed by atoms with Crippen LogP contribution >= 0.6 is 22.6 Å². The summed E-state index contributed by atoms with van der Waals surface area (Å²) in [5, 5.41) is 5.53. The Kier molecular flexibility index (Phi) is 3.93. The molecular formula is C14H15IN2O3. The average Bonchev–Trinajstić information content (AvgIpc) is 2.84. The lowest BCUT2D eigenvalue weighted by Gasteiger charge is -2.23. The molecule has 20 heavy (non-hydrogen) atoms. The van der Waals surface area contributed by atoms with Gasteiger partial charge in [-0.3, -0.25) is 0 Å². The summed E-state index contributed by atoms with van der Waals surface area (Å²) >= 11 is 2.19. The first-order chi connectivity index (χ1) is 9.70. The maximum absolute atomic E-state index is 11.6. The normalized spacial score (nSPS) is 19.2. The van der Waals surface area contributed by atoms with Gasteiger partial charge in [0.15, 0.2) is 6.23 Å². The number of rotatable bonds is 2. The predicted molar refractivity (Wildman–Crippen MR) is 82.6 cm³/mol. The van der Waals surface area contributed by atoms with Crippen molar-refractivity contribution >= 4 is 39.5 Å². The highest BCUT2D eigenvalue weighted by atomic mass is 127. The zero-order valence-corrected chi connectivity index (χ0v) is 13.3. The number of fused-ring (bicyclic) bond motifs is 1. The number of carbonyl (C=O) groups is 1. The number of benzene rings is 1. The molecule has 1 saturated heterocycles. The summed E-state index contributed by atoms with van der Waals surface area (Å²) in [7, 11) is 1.39. The molecule has 0 aliphatic carbocycles. The lowest BCUT2D eigenvalue weighted by Crippen LogP contribution is -2.19. The summed E-state index contributed by atoms with van der Waals surface area (Å²) in [5.41, 5.74) is 1.54. The molecule has 1 aliphatic heterocycles. The van der Waals surface area contributed by atoms with E-state index in [1.807, 2.05) is 16.8 Å². The third-order valence-corrected chi connectivity index (χ3v) is 4.31. The molecule has 1 atom stereocenters. The molecule has 1 unspecified atom stereocenters. The molecule has 5 nitrogen and oxygen atoms in total. The van der Waals surface area contributed by atoms with Gasteiger partial charge in [0.1, 0.15) is 3.70 Å². The Labute approximate surface area is 130 Å². The second-order valence-corrected chi connectivity index (χ2v) is 5.80. The largest absolute Gasteiger partial charge is 0.465 e. The Morgan fingerprint density at radius 1 is 1.50 bits per heavy atom. The first kappa shape index (κ1) is 13.8. The van der Waals surface area contributed by atoms with Crippen molar-refractivity contribution in [2.24, 2.45) is 0 Å².